The molecule has 0 aliphatic rings. The number of rotatable bonds is 7. The van der Waals surface area contributed by atoms with Gasteiger partial charge >= 0.3 is 6.18 Å². The largest absolute Gasteiger partial charge is 0.405 e. The van der Waals surface area contributed by atoms with Crippen molar-refractivity contribution < 1.29 is 30.8 Å². The molecule has 0 atom stereocenters. The third-order valence-electron chi connectivity index (χ3n) is 3.56. The summed E-state index contributed by atoms with van der Waals surface area (Å²) in [6, 6.07) is 10.6. The molecule has 11 heteroatoms. The van der Waals surface area contributed by atoms with E-state index >= 15 is 0 Å². The molecular formula is C17H15ClF4N2O3S. The predicted molar refractivity (Wildman–Crippen MR) is 94.5 cm³/mol. The van der Waals surface area contributed by atoms with Crippen molar-refractivity contribution in [1.29, 1.82) is 0 Å². The fourth-order valence-corrected chi connectivity index (χ4v) is 3.89. The average molecular weight is 439 g/mol. The lowest BCUT2D eigenvalue weighted by molar-refractivity contribution is -0.138. The summed E-state index contributed by atoms with van der Waals surface area (Å²) in [5, 5.41) is 1.78. The van der Waals surface area contributed by atoms with Gasteiger partial charge in [-0.2, -0.15) is 17.5 Å². The van der Waals surface area contributed by atoms with Gasteiger partial charge in [0, 0.05) is 11.6 Å². The average Bonchev–Trinajstić information content (AvgIpc) is 2.61. The Hall–Kier alpha value is -2.17. The van der Waals surface area contributed by atoms with E-state index in [1.165, 1.54) is 24.3 Å². The van der Waals surface area contributed by atoms with Crippen LogP contribution in [0, 0.1) is 5.82 Å². The number of alkyl halides is 3. The van der Waals surface area contributed by atoms with Gasteiger partial charge in [-0.3, -0.25) is 4.79 Å². The zero-order valence-electron chi connectivity index (χ0n) is 14.2. The van der Waals surface area contributed by atoms with Crippen LogP contribution in [0.15, 0.2) is 53.4 Å². The van der Waals surface area contributed by atoms with Gasteiger partial charge in [0.05, 0.1) is 6.54 Å². The Morgan fingerprint density at radius 3 is 2.29 bits per heavy atom. The van der Waals surface area contributed by atoms with Gasteiger partial charge in [-0.1, -0.05) is 41.9 Å². The molecule has 0 heterocycles. The third-order valence-corrected chi connectivity index (χ3v) is 5.76. The Balaban J connectivity index is 2.34. The second-order valence-electron chi connectivity index (χ2n) is 5.69. The van der Waals surface area contributed by atoms with Crippen LogP contribution in [-0.2, 0) is 21.4 Å². The predicted octanol–water partition coefficient (Wildman–Crippen LogP) is 3.35. The first-order valence-corrected chi connectivity index (χ1v) is 9.64. The highest BCUT2D eigenvalue weighted by atomic mass is 35.5. The molecular weight excluding hydrogens is 424 g/mol. The number of hydrogen-bond acceptors (Lipinski definition) is 3. The standard InChI is InChI=1S/C17H15ClF4N2O3S/c18-13-6-2-1-5-12(13)9-24(10-16(25)23-11-17(20,21)22)28(26,27)15-8-4-3-7-14(15)19/h1-8H,9-11H2,(H,23,25). The van der Waals surface area contributed by atoms with E-state index in [2.05, 4.69) is 0 Å². The van der Waals surface area contributed by atoms with Gasteiger partial charge in [-0.25, -0.2) is 12.8 Å². The number of carbonyl (C=O) groups is 1. The maximum Gasteiger partial charge on any atom is 0.405 e. The minimum atomic E-state index is -4.66. The van der Waals surface area contributed by atoms with E-state index < -0.39 is 52.5 Å². The Bertz CT molecular complexity index is 951. The highest BCUT2D eigenvalue weighted by Crippen LogP contribution is 2.24. The van der Waals surface area contributed by atoms with Crippen LogP contribution in [0.2, 0.25) is 5.02 Å². The number of nitrogens with one attached hydrogen (secondary N) is 1. The van der Waals surface area contributed by atoms with E-state index in [4.69, 9.17) is 11.6 Å². The zero-order valence-corrected chi connectivity index (χ0v) is 15.8. The van der Waals surface area contributed by atoms with E-state index in [0.717, 1.165) is 12.1 Å². The van der Waals surface area contributed by atoms with Crippen molar-refractivity contribution >= 4 is 27.5 Å². The van der Waals surface area contributed by atoms with Crippen LogP contribution < -0.4 is 5.32 Å². The molecule has 2 rings (SSSR count). The monoisotopic (exact) mass is 438 g/mol. The summed E-state index contributed by atoms with van der Waals surface area (Å²) >= 11 is 6.01. The van der Waals surface area contributed by atoms with Crippen LogP contribution in [0.25, 0.3) is 0 Å². The number of hydrogen-bond donors (Lipinski definition) is 1. The van der Waals surface area contributed by atoms with Crippen LogP contribution in [-0.4, -0.2) is 37.9 Å². The van der Waals surface area contributed by atoms with Gasteiger partial charge < -0.3 is 5.32 Å². The van der Waals surface area contributed by atoms with E-state index in [9.17, 15) is 30.8 Å². The van der Waals surface area contributed by atoms with Crippen molar-refractivity contribution in [2.24, 2.45) is 0 Å². The third kappa shape index (κ3) is 5.91. The van der Waals surface area contributed by atoms with E-state index in [-0.39, 0.29) is 5.02 Å². The molecule has 1 N–H and O–H groups in total. The summed E-state index contributed by atoms with van der Waals surface area (Å²) in [5.41, 5.74) is 0.299. The zero-order chi connectivity index (χ0) is 20.9. The molecule has 0 aromatic heterocycles. The summed E-state index contributed by atoms with van der Waals surface area (Å²) in [5.74, 6) is -2.24. The van der Waals surface area contributed by atoms with Gasteiger partial charge in [0.1, 0.15) is 17.3 Å². The molecule has 0 bridgehead atoms. The van der Waals surface area contributed by atoms with Crippen LogP contribution in [0.4, 0.5) is 17.6 Å². The van der Waals surface area contributed by atoms with E-state index in [1.54, 1.807) is 17.4 Å². The Morgan fingerprint density at radius 2 is 1.68 bits per heavy atom. The quantitative estimate of drug-likeness (QED) is 0.674. The molecule has 5 nitrogen and oxygen atoms in total. The normalized spacial score (nSPS) is 12.2. The van der Waals surface area contributed by atoms with Crippen molar-refractivity contribution in [2.45, 2.75) is 17.6 Å². The fraction of sp³-hybridized carbons (Fsp3) is 0.235. The molecule has 0 aliphatic heterocycles. The van der Waals surface area contributed by atoms with Crippen molar-refractivity contribution in [3.63, 3.8) is 0 Å². The van der Waals surface area contributed by atoms with Crippen LogP contribution in [0.3, 0.4) is 0 Å². The first kappa shape index (κ1) is 22.1. The second-order valence-corrected chi connectivity index (χ2v) is 8.00. The van der Waals surface area contributed by atoms with Crippen molar-refractivity contribution in [1.82, 2.24) is 9.62 Å². The molecule has 0 spiro atoms. The van der Waals surface area contributed by atoms with Gasteiger partial charge in [-0.15, -0.1) is 0 Å². The topological polar surface area (TPSA) is 66.5 Å². The van der Waals surface area contributed by atoms with E-state index in [0.29, 0.717) is 9.87 Å². The van der Waals surface area contributed by atoms with Gasteiger partial charge in [0.15, 0.2) is 0 Å². The molecule has 0 radical (unpaired) electrons. The molecule has 2 aromatic carbocycles. The molecule has 1 amide bonds. The van der Waals surface area contributed by atoms with Crippen LogP contribution in [0.1, 0.15) is 5.56 Å². The molecule has 0 saturated heterocycles. The SMILES string of the molecule is O=C(CN(Cc1ccccc1Cl)S(=O)(=O)c1ccccc1F)NCC(F)(F)F. The highest BCUT2D eigenvalue weighted by Gasteiger charge is 2.32. The molecule has 0 fully saturated rings. The van der Waals surface area contributed by atoms with Gasteiger partial charge in [0.2, 0.25) is 15.9 Å². The summed E-state index contributed by atoms with van der Waals surface area (Å²) in [7, 11) is -4.54. The minimum absolute atomic E-state index is 0.187. The lowest BCUT2D eigenvalue weighted by Gasteiger charge is -2.23. The van der Waals surface area contributed by atoms with Gasteiger partial charge in [-0.05, 0) is 23.8 Å². The highest BCUT2D eigenvalue weighted by molar-refractivity contribution is 7.89. The Labute approximate surface area is 164 Å². The van der Waals surface area contributed by atoms with Crippen molar-refractivity contribution in [2.75, 3.05) is 13.1 Å². The number of nitrogens with zero attached hydrogens (tertiary/aromatic N) is 1. The molecule has 0 saturated carbocycles. The van der Waals surface area contributed by atoms with Crippen molar-refractivity contribution in [3.8, 4) is 0 Å². The smallest absolute Gasteiger partial charge is 0.346 e. The molecule has 28 heavy (non-hydrogen) atoms. The van der Waals surface area contributed by atoms with Crippen LogP contribution in [0.5, 0.6) is 0 Å². The lowest BCUT2D eigenvalue weighted by Crippen LogP contribution is -2.43. The number of halogens is 5. The fourth-order valence-electron chi connectivity index (χ4n) is 2.25. The maximum absolute atomic E-state index is 14.0. The minimum Gasteiger partial charge on any atom is -0.346 e. The van der Waals surface area contributed by atoms with Crippen molar-refractivity contribution in [3.05, 3.63) is 64.9 Å². The molecule has 0 unspecified atom stereocenters. The number of carbonyl (C=O) groups excluding carboxylic acids is 1. The first-order valence-electron chi connectivity index (χ1n) is 7.82. The van der Waals surface area contributed by atoms with E-state index in [1.807, 2.05) is 0 Å². The number of sulfonamides is 1. The summed E-state index contributed by atoms with van der Waals surface area (Å²) in [6.45, 7) is -3.00. The summed E-state index contributed by atoms with van der Waals surface area (Å²) in [4.78, 5) is 11.2. The van der Waals surface area contributed by atoms with Gasteiger partial charge in [0.25, 0.3) is 0 Å². The molecule has 152 valence electrons. The second kappa shape index (κ2) is 8.89. The molecule has 2 aromatic rings. The summed E-state index contributed by atoms with van der Waals surface area (Å²) in [6.07, 6.45) is -4.66. The number of amides is 1. The first-order chi connectivity index (χ1) is 13.0. The number of benzene rings is 2. The van der Waals surface area contributed by atoms with Crippen LogP contribution >= 0.6 is 11.6 Å². The Morgan fingerprint density at radius 1 is 1.07 bits per heavy atom. The Kier molecular flexibility index (Phi) is 7.02. The molecule has 0 aliphatic carbocycles. The summed E-state index contributed by atoms with van der Waals surface area (Å²) < 4.78 is 77.2. The lowest BCUT2D eigenvalue weighted by atomic mass is 10.2. The maximum atomic E-state index is 14.0.